The van der Waals surface area contributed by atoms with Gasteiger partial charge in [-0.3, -0.25) is 0 Å². The van der Waals surface area contributed by atoms with Crippen LogP contribution in [0.5, 0.6) is 11.5 Å². The van der Waals surface area contributed by atoms with E-state index in [2.05, 4.69) is 0 Å². The number of benzene rings is 2. The highest BCUT2D eigenvalue weighted by molar-refractivity contribution is 7.89. The summed E-state index contributed by atoms with van der Waals surface area (Å²) in [7, 11) is -0.542. The molecule has 1 aliphatic heterocycles. The summed E-state index contributed by atoms with van der Waals surface area (Å²) in [6, 6.07) is 11.7. The van der Waals surface area contributed by atoms with E-state index in [-0.39, 0.29) is 16.0 Å². The van der Waals surface area contributed by atoms with E-state index >= 15 is 0 Å². The normalized spacial score (nSPS) is 18.3. The molecule has 1 saturated heterocycles. The number of hydrogen-bond acceptors (Lipinski definition) is 4. The molecule has 0 saturated carbocycles. The Hall–Kier alpha value is -1.76. The topological polar surface area (TPSA) is 55.8 Å². The number of ether oxygens (including phenoxy) is 2. The summed E-state index contributed by atoms with van der Waals surface area (Å²) in [4.78, 5) is 0.135. The molecule has 0 radical (unpaired) electrons. The van der Waals surface area contributed by atoms with Crippen molar-refractivity contribution in [1.82, 2.24) is 4.31 Å². The fourth-order valence-corrected chi connectivity index (χ4v) is 5.38. The molecule has 2 aromatic carbocycles. The van der Waals surface area contributed by atoms with Gasteiger partial charge in [0, 0.05) is 18.2 Å². The SMILES string of the molecule is COc1ccc([C@@H]2CCCN2S(=O)(=O)c2ccccc2Cl)c(OC)c1. The molecule has 3 rings (SSSR count). The minimum Gasteiger partial charge on any atom is -0.497 e. The van der Waals surface area contributed by atoms with Gasteiger partial charge in [-0.25, -0.2) is 8.42 Å². The molecule has 5 nitrogen and oxygen atoms in total. The van der Waals surface area contributed by atoms with E-state index in [0.717, 1.165) is 18.4 Å². The lowest BCUT2D eigenvalue weighted by Crippen LogP contribution is -2.31. The van der Waals surface area contributed by atoms with Crippen molar-refractivity contribution in [3.8, 4) is 11.5 Å². The minimum atomic E-state index is -3.69. The first-order chi connectivity index (χ1) is 12.0. The number of rotatable bonds is 5. The Balaban J connectivity index is 2.03. The highest BCUT2D eigenvalue weighted by Crippen LogP contribution is 2.42. The third-order valence-corrected chi connectivity index (χ3v) is 6.83. The molecule has 0 unspecified atom stereocenters. The lowest BCUT2D eigenvalue weighted by molar-refractivity contribution is 0.361. The molecule has 0 bridgehead atoms. The zero-order valence-corrected chi connectivity index (χ0v) is 15.7. The van der Waals surface area contributed by atoms with Crippen LogP contribution in [-0.4, -0.2) is 33.5 Å². The van der Waals surface area contributed by atoms with Gasteiger partial charge < -0.3 is 9.47 Å². The Morgan fingerprint density at radius 2 is 1.88 bits per heavy atom. The molecule has 25 heavy (non-hydrogen) atoms. The smallest absolute Gasteiger partial charge is 0.245 e. The molecule has 1 heterocycles. The molecule has 1 atom stereocenters. The van der Waals surface area contributed by atoms with Gasteiger partial charge in [0.05, 0.1) is 25.3 Å². The molecular formula is C18H20ClNO4S. The molecular weight excluding hydrogens is 362 g/mol. The van der Waals surface area contributed by atoms with Crippen molar-refractivity contribution in [3.63, 3.8) is 0 Å². The summed E-state index contributed by atoms with van der Waals surface area (Å²) in [6.07, 6.45) is 1.51. The highest BCUT2D eigenvalue weighted by Gasteiger charge is 2.38. The summed E-state index contributed by atoms with van der Waals surface area (Å²) in [5.74, 6) is 1.28. The predicted octanol–water partition coefficient (Wildman–Crippen LogP) is 3.88. The number of halogens is 1. The summed E-state index contributed by atoms with van der Waals surface area (Å²) in [5, 5.41) is 0.231. The molecule has 7 heteroatoms. The van der Waals surface area contributed by atoms with Crippen LogP contribution in [-0.2, 0) is 10.0 Å². The minimum absolute atomic E-state index is 0.135. The highest BCUT2D eigenvalue weighted by atomic mass is 35.5. The van der Waals surface area contributed by atoms with Gasteiger partial charge in [-0.2, -0.15) is 4.31 Å². The molecule has 0 amide bonds. The van der Waals surface area contributed by atoms with E-state index in [4.69, 9.17) is 21.1 Å². The first-order valence-electron chi connectivity index (χ1n) is 7.97. The lowest BCUT2D eigenvalue weighted by atomic mass is 10.0. The standard InChI is InChI=1S/C18H20ClNO4S/c1-23-13-9-10-14(17(12-13)24-2)16-7-5-11-20(16)25(21,22)18-8-4-3-6-15(18)19/h3-4,6,8-10,12,16H,5,7,11H2,1-2H3/t16-/m0/s1. The van der Waals surface area contributed by atoms with E-state index in [9.17, 15) is 8.42 Å². The monoisotopic (exact) mass is 381 g/mol. The quantitative estimate of drug-likeness (QED) is 0.788. The van der Waals surface area contributed by atoms with Crippen LogP contribution < -0.4 is 9.47 Å². The van der Waals surface area contributed by atoms with Gasteiger partial charge in [0.25, 0.3) is 0 Å². The maximum absolute atomic E-state index is 13.1. The van der Waals surface area contributed by atoms with Gasteiger partial charge >= 0.3 is 0 Å². The average Bonchev–Trinajstić information content (AvgIpc) is 3.11. The van der Waals surface area contributed by atoms with Crippen LogP contribution in [0, 0.1) is 0 Å². The van der Waals surface area contributed by atoms with E-state index < -0.39 is 10.0 Å². The molecule has 134 valence electrons. The van der Waals surface area contributed by atoms with Crippen LogP contribution >= 0.6 is 11.6 Å². The van der Waals surface area contributed by atoms with Crippen molar-refractivity contribution in [3.05, 3.63) is 53.1 Å². The summed E-state index contributed by atoms with van der Waals surface area (Å²) in [5.41, 5.74) is 0.830. The van der Waals surface area contributed by atoms with Gasteiger partial charge in [0.1, 0.15) is 16.4 Å². The second kappa shape index (κ2) is 7.23. The van der Waals surface area contributed by atoms with Crippen molar-refractivity contribution >= 4 is 21.6 Å². The van der Waals surface area contributed by atoms with Crippen LogP contribution in [0.25, 0.3) is 0 Å². The molecule has 0 spiro atoms. The summed E-state index contributed by atoms with van der Waals surface area (Å²) < 4.78 is 38.5. The van der Waals surface area contributed by atoms with Crippen molar-refractivity contribution < 1.29 is 17.9 Å². The van der Waals surface area contributed by atoms with Crippen molar-refractivity contribution in [2.24, 2.45) is 0 Å². The number of methoxy groups -OCH3 is 2. The van der Waals surface area contributed by atoms with Gasteiger partial charge in [-0.15, -0.1) is 0 Å². The first-order valence-corrected chi connectivity index (χ1v) is 9.79. The zero-order chi connectivity index (χ0) is 18.0. The second-order valence-corrected chi connectivity index (χ2v) is 8.08. The van der Waals surface area contributed by atoms with E-state index in [1.807, 2.05) is 12.1 Å². The molecule has 0 aliphatic carbocycles. The van der Waals surface area contributed by atoms with Crippen molar-refractivity contribution in [2.75, 3.05) is 20.8 Å². The van der Waals surface area contributed by atoms with Crippen LogP contribution in [0.15, 0.2) is 47.4 Å². The van der Waals surface area contributed by atoms with Crippen molar-refractivity contribution in [2.45, 2.75) is 23.8 Å². The fourth-order valence-electron chi connectivity index (χ4n) is 3.21. The Morgan fingerprint density at radius 1 is 1.12 bits per heavy atom. The number of sulfonamides is 1. The molecule has 1 fully saturated rings. The Bertz CT molecular complexity index is 869. The van der Waals surface area contributed by atoms with E-state index in [1.54, 1.807) is 38.5 Å². The number of hydrogen-bond donors (Lipinski definition) is 0. The number of nitrogens with zero attached hydrogens (tertiary/aromatic N) is 1. The van der Waals surface area contributed by atoms with Crippen LogP contribution in [0.1, 0.15) is 24.4 Å². The maximum Gasteiger partial charge on any atom is 0.245 e. The predicted molar refractivity (Wildman–Crippen MR) is 96.9 cm³/mol. The molecule has 0 aromatic heterocycles. The van der Waals surface area contributed by atoms with Gasteiger partial charge in [0.2, 0.25) is 10.0 Å². The third kappa shape index (κ3) is 3.34. The van der Waals surface area contributed by atoms with E-state index in [0.29, 0.717) is 18.0 Å². The maximum atomic E-state index is 13.1. The van der Waals surface area contributed by atoms with Gasteiger partial charge in [-0.1, -0.05) is 29.8 Å². The lowest BCUT2D eigenvalue weighted by Gasteiger charge is -2.26. The summed E-state index contributed by atoms with van der Waals surface area (Å²) in [6.45, 7) is 0.452. The molecule has 2 aromatic rings. The Kier molecular flexibility index (Phi) is 5.22. The van der Waals surface area contributed by atoms with Gasteiger partial charge in [0.15, 0.2) is 0 Å². The Labute approximate surface area is 153 Å². The molecule has 1 aliphatic rings. The summed E-state index contributed by atoms with van der Waals surface area (Å²) >= 11 is 6.13. The Morgan fingerprint density at radius 3 is 2.56 bits per heavy atom. The zero-order valence-electron chi connectivity index (χ0n) is 14.1. The van der Waals surface area contributed by atoms with E-state index in [1.165, 1.54) is 10.4 Å². The second-order valence-electron chi connectivity index (χ2n) is 5.81. The van der Waals surface area contributed by atoms with Crippen LogP contribution in [0.3, 0.4) is 0 Å². The fraction of sp³-hybridized carbons (Fsp3) is 0.333. The van der Waals surface area contributed by atoms with Crippen LogP contribution in [0.4, 0.5) is 0 Å². The largest absolute Gasteiger partial charge is 0.497 e. The average molecular weight is 382 g/mol. The van der Waals surface area contributed by atoms with Crippen LogP contribution in [0.2, 0.25) is 5.02 Å². The first kappa shape index (κ1) is 18.0. The van der Waals surface area contributed by atoms with Crippen molar-refractivity contribution in [1.29, 1.82) is 0 Å². The third-order valence-electron chi connectivity index (χ3n) is 4.43. The van der Waals surface area contributed by atoms with Gasteiger partial charge in [-0.05, 0) is 31.0 Å². The molecule has 0 N–H and O–H groups in total.